The number of carbonyl (C=O) groups excluding carboxylic acids is 1. The van der Waals surface area contributed by atoms with Crippen LogP contribution in [-0.2, 0) is 22.8 Å². The summed E-state index contributed by atoms with van der Waals surface area (Å²) in [6.45, 7) is 17.0. The third-order valence-corrected chi connectivity index (χ3v) is 15.8. The van der Waals surface area contributed by atoms with Gasteiger partial charge >= 0.3 is 5.97 Å². The first kappa shape index (κ1) is 26.7. The maximum Gasteiger partial charge on any atom is 0.330 e. The number of rotatable bonds is 16. The normalized spacial score (nSPS) is 13.0. The van der Waals surface area contributed by atoms with E-state index in [0.29, 0.717) is 29.9 Å². The van der Waals surface area contributed by atoms with E-state index in [1.165, 1.54) is 6.08 Å². The van der Waals surface area contributed by atoms with E-state index in [0.717, 1.165) is 36.3 Å². The molecule has 0 aromatic heterocycles. The molecule has 8 heteroatoms. The zero-order valence-electron chi connectivity index (χ0n) is 18.7. The summed E-state index contributed by atoms with van der Waals surface area (Å²) in [6.07, 6.45) is 2.42. The molecule has 160 valence electrons. The molecule has 0 amide bonds. The lowest BCUT2D eigenvalue weighted by Crippen LogP contribution is -2.56. The molecule has 0 fully saturated rings. The molecule has 0 radical (unpaired) electrons. The van der Waals surface area contributed by atoms with Crippen LogP contribution in [0.2, 0.25) is 36.3 Å². The lowest BCUT2D eigenvalue weighted by molar-refractivity contribution is -0.270. The molecule has 5 nitrogen and oxygen atoms in total. The van der Waals surface area contributed by atoms with E-state index in [4.69, 9.17) is 18.0 Å². The molecule has 0 rings (SSSR count). The molecule has 0 atom stereocenters. The van der Waals surface area contributed by atoms with E-state index in [-0.39, 0.29) is 0 Å². The van der Waals surface area contributed by atoms with Gasteiger partial charge in [-0.2, -0.15) is 0 Å². The summed E-state index contributed by atoms with van der Waals surface area (Å²) in [7, 11) is -3.33. The first-order valence-electron chi connectivity index (χ1n) is 10.5. The molecule has 0 aliphatic carbocycles. The van der Waals surface area contributed by atoms with Crippen LogP contribution in [0.5, 0.6) is 0 Å². The van der Waals surface area contributed by atoms with Crippen molar-refractivity contribution >= 4 is 33.1 Å². The summed E-state index contributed by atoms with van der Waals surface area (Å²) in [5.41, 5.74) is 0. The second-order valence-electron chi connectivity index (χ2n) is 7.05. The molecule has 0 aliphatic rings. The Balaban J connectivity index is 5.59. The molecule has 0 saturated carbocycles. The quantitative estimate of drug-likeness (QED) is 0.118. The average Bonchev–Trinajstić information content (AvgIpc) is 2.73. The Morgan fingerprint density at radius 3 is 1.63 bits per heavy atom. The van der Waals surface area contributed by atoms with Crippen molar-refractivity contribution in [3.05, 3.63) is 12.7 Å². The van der Waals surface area contributed by atoms with Gasteiger partial charge in [0, 0.05) is 12.5 Å². The van der Waals surface area contributed by atoms with Gasteiger partial charge in [0.15, 0.2) is 27.1 Å². The number of carbonyl (C=O) groups is 1. The van der Waals surface area contributed by atoms with Crippen molar-refractivity contribution in [2.24, 2.45) is 0 Å². The minimum Gasteiger partial charge on any atom is -0.463 e. The Hall–Kier alpha value is -0.259. The zero-order chi connectivity index (χ0) is 21.0. The van der Waals surface area contributed by atoms with Crippen LogP contribution >= 0.6 is 0 Å². The summed E-state index contributed by atoms with van der Waals surface area (Å²) in [4.78, 5) is 11.3. The molecule has 0 N–H and O–H groups in total. The molecule has 0 heterocycles. The summed E-state index contributed by atoms with van der Waals surface area (Å²) in [5.74, 6) is -1.37. The number of hydrogen-bond acceptors (Lipinski definition) is 5. The predicted molar refractivity (Wildman–Crippen MR) is 121 cm³/mol. The van der Waals surface area contributed by atoms with Crippen molar-refractivity contribution < 1.29 is 22.8 Å². The van der Waals surface area contributed by atoms with E-state index < -0.39 is 28.6 Å². The number of esters is 1. The van der Waals surface area contributed by atoms with Crippen molar-refractivity contribution in [2.75, 3.05) is 6.61 Å². The third kappa shape index (κ3) is 7.94. The Labute approximate surface area is 172 Å². The van der Waals surface area contributed by atoms with Gasteiger partial charge in [-0.1, -0.05) is 48.1 Å². The van der Waals surface area contributed by atoms with Crippen molar-refractivity contribution in [3.8, 4) is 0 Å². The van der Waals surface area contributed by atoms with Crippen LogP contribution < -0.4 is 0 Å². The fourth-order valence-corrected chi connectivity index (χ4v) is 9.85. The Morgan fingerprint density at radius 2 is 1.33 bits per heavy atom. The molecular formula is C19H42O5Si3. The summed E-state index contributed by atoms with van der Waals surface area (Å²) in [5, 5.41) is 0. The molecule has 0 saturated heterocycles. The highest BCUT2D eigenvalue weighted by Crippen LogP contribution is 2.37. The van der Waals surface area contributed by atoms with Gasteiger partial charge in [-0.25, -0.2) is 4.79 Å². The number of ether oxygens (including phenoxy) is 1. The first-order chi connectivity index (χ1) is 12.8. The van der Waals surface area contributed by atoms with Gasteiger partial charge in [-0.05, 0) is 42.7 Å². The highest BCUT2D eigenvalue weighted by atomic mass is 28.4. The molecule has 27 heavy (non-hydrogen) atoms. The van der Waals surface area contributed by atoms with E-state index >= 15 is 0 Å². The third-order valence-electron chi connectivity index (χ3n) is 5.96. The van der Waals surface area contributed by atoms with Crippen LogP contribution in [-0.4, -0.2) is 45.7 Å². The highest BCUT2D eigenvalue weighted by molar-refractivity contribution is 6.74. The van der Waals surface area contributed by atoms with Gasteiger partial charge < -0.3 is 18.0 Å². The topological polar surface area (TPSA) is 54.0 Å². The predicted octanol–water partition coefficient (Wildman–Crippen LogP) is 4.49. The second kappa shape index (κ2) is 13.1. The van der Waals surface area contributed by atoms with E-state index in [1.54, 1.807) is 0 Å². The molecule has 0 bridgehead atoms. The van der Waals surface area contributed by atoms with Crippen LogP contribution in [0.15, 0.2) is 12.7 Å². The Morgan fingerprint density at radius 1 is 0.926 bits per heavy atom. The SMILES string of the molecule is C=CC(=O)OCCCC(O[SiH3])(O[Si](CC)(CC)CC)O[Si](CC)(CC)CC. The smallest absolute Gasteiger partial charge is 0.330 e. The molecule has 0 spiro atoms. The van der Waals surface area contributed by atoms with Gasteiger partial charge in [0.1, 0.15) is 0 Å². The van der Waals surface area contributed by atoms with Crippen LogP contribution in [0.1, 0.15) is 54.4 Å². The van der Waals surface area contributed by atoms with E-state index in [2.05, 4.69) is 48.1 Å². The van der Waals surface area contributed by atoms with Crippen molar-refractivity contribution in [2.45, 2.75) is 96.6 Å². The minimum atomic E-state index is -1.93. The minimum absolute atomic E-state index is 0.322. The Kier molecular flexibility index (Phi) is 12.9. The lowest BCUT2D eigenvalue weighted by Gasteiger charge is -2.46. The molecule has 0 unspecified atom stereocenters. The maximum atomic E-state index is 11.3. The van der Waals surface area contributed by atoms with Gasteiger partial charge in [0.2, 0.25) is 0 Å². The molecular weight excluding hydrogens is 392 g/mol. The van der Waals surface area contributed by atoms with Crippen molar-refractivity contribution in [3.63, 3.8) is 0 Å². The average molecular weight is 435 g/mol. The summed E-state index contributed by atoms with van der Waals surface area (Å²) < 4.78 is 24.9. The Bertz CT molecular complexity index is 399. The van der Waals surface area contributed by atoms with Crippen LogP contribution in [0.25, 0.3) is 0 Å². The number of hydrogen-bond donors (Lipinski definition) is 0. The first-order valence-corrected chi connectivity index (χ1v) is 16.4. The zero-order valence-corrected chi connectivity index (χ0v) is 22.7. The molecule has 0 aromatic rings. The standard InChI is InChI=1S/C19H42O5Si3/c1-8-18(20)21-17-15-16-19(22-25,23-26(9-2,10-3)11-4)24-27(12-5,13-6)14-7/h8H,1,9-17H2,2-7,25H3. The largest absolute Gasteiger partial charge is 0.463 e. The van der Waals surface area contributed by atoms with Gasteiger partial charge in [-0.3, -0.25) is 0 Å². The van der Waals surface area contributed by atoms with Crippen LogP contribution in [0, 0.1) is 0 Å². The van der Waals surface area contributed by atoms with Gasteiger partial charge in [0.05, 0.1) is 6.61 Å². The second-order valence-corrected chi connectivity index (χ2v) is 16.8. The molecule has 0 aromatic carbocycles. The van der Waals surface area contributed by atoms with Crippen molar-refractivity contribution in [1.82, 2.24) is 0 Å². The van der Waals surface area contributed by atoms with E-state index in [1.807, 2.05) is 0 Å². The van der Waals surface area contributed by atoms with Gasteiger partial charge in [-0.15, -0.1) is 0 Å². The highest BCUT2D eigenvalue weighted by Gasteiger charge is 2.46. The van der Waals surface area contributed by atoms with Crippen LogP contribution in [0.4, 0.5) is 0 Å². The monoisotopic (exact) mass is 434 g/mol. The van der Waals surface area contributed by atoms with Crippen molar-refractivity contribution in [1.29, 1.82) is 0 Å². The van der Waals surface area contributed by atoms with E-state index in [9.17, 15) is 4.79 Å². The lowest BCUT2D eigenvalue weighted by atomic mass is 10.3. The fraction of sp³-hybridized carbons (Fsp3) is 0.842. The maximum absolute atomic E-state index is 11.3. The molecule has 0 aliphatic heterocycles. The van der Waals surface area contributed by atoms with Crippen LogP contribution in [0.3, 0.4) is 0 Å². The summed E-state index contributed by atoms with van der Waals surface area (Å²) >= 11 is 0. The van der Waals surface area contributed by atoms with Gasteiger partial charge in [0.25, 0.3) is 5.97 Å². The fourth-order valence-electron chi connectivity index (χ4n) is 3.42. The summed E-state index contributed by atoms with van der Waals surface area (Å²) in [6, 6.07) is 6.25.